The van der Waals surface area contributed by atoms with Crippen molar-refractivity contribution in [1.29, 1.82) is 0 Å². The van der Waals surface area contributed by atoms with Gasteiger partial charge in [-0.3, -0.25) is 0 Å². The van der Waals surface area contributed by atoms with E-state index in [0.29, 0.717) is 10.4 Å². The summed E-state index contributed by atoms with van der Waals surface area (Å²) < 4.78 is 0. The zero-order chi connectivity index (χ0) is 13.2. The van der Waals surface area contributed by atoms with Gasteiger partial charge in [0.2, 0.25) is 0 Å². The second kappa shape index (κ2) is 5.27. The van der Waals surface area contributed by atoms with Gasteiger partial charge in [0.05, 0.1) is 0 Å². The topological polar surface area (TPSA) is 38.0 Å². The smallest absolute Gasteiger partial charge is 0.106 e. The Balaban J connectivity index is 2.11. The maximum Gasteiger partial charge on any atom is 0.106 e. The average Bonchev–Trinajstić information content (AvgIpc) is 2.75. The number of anilines is 1. The number of nitrogens with one attached hydrogen (secondary N) is 1. The largest absolute Gasteiger partial charge is 0.389 e. The molecule has 3 N–H and O–H groups in total. The average molecular weight is 262 g/mol. The Hall–Kier alpha value is -1.09. The van der Waals surface area contributed by atoms with Crippen LogP contribution >= 0.6 is 12.2 Å². The Morgan fingerprint density at radius 2 is 2.06 bits per heavy atom. The van der Waals surface area contributed by atoms with Crippen molar-refractivity contribution in [3.8, 4) is 0 Å². The van der Waals surface area contributed by atoms with Crippen LogP contribution in [0.4, 0.5) is 5.69 Å². The molecular formula is C15H22N2S. The fraction of sp³-hybridized carbons (Fsp3) is 0.533. The third kappa shape index (κ3) is 3.02. The van der Waals surface area contributed by atoms with E-state index in [1.165, 1.54) is 31.2 Å². The summed E-state index contributed by atoms with van der Waals surface area (Å²) >= 11 is 5.12. The number of benzene rings is 1. The summed E-state index contributed by atoms with van der Waals surface area (Å²) in [5.74, 6) is 0. The lowest BCUT2D eigenvalue weighted by molar-refractivity contribution is 0.362. The third-order valence-corrected chi connectivity index (χ3v) is 4.18. The number of nitrogens with two attached hydrogens (primary N) is 1. The fourth-order valence-corrected chi connectivity index (χ4v) is 2.90. The highest BCUT2D eigenvalue weighted by molar-refractivity contribution is 7.80. The SMILES string of the molecule is Cc1ccc(NCC2(C)CCCC2)c(C(N)=S)c1. The van der Waals surface area contributed by atoms with E-state index in [0.717, 1.165) is 17.8 Å². The first kappa shape index (κ1) is 13.3. The molecule has 1 aliphatic rings. The third-order valence-electron chi connectivity index (χ3n) is 3.96. The second-order valence-electron chi connectivity index (χ2n) is 5.78. The van der Waals surface area contributed by atoms with Gasteiger partial charge < -0.3 is 11.1 Å². The first-order valence-electron chi connectivity index (χ1n) is 6.65. The minimum absolute atomic E-state index is 0.429. The lowest BCUT2D eigenvalue weighted by Crippen LogP contribution is -2.24. The van der Waals surface area contributed by atoms with Gasteiger partial charge in [-0.15, -0.1) is 0 Å². The summed E-state index contributed by atoms with van der Waals surface area (Å²) in [4.78, 5) is 0.470. The molecule has 0 bridgehead atoms. The highest BCUT2D eigenvalue weighted by Gasteiger charge is 2.28. The summed E-state index contributed by atoms with van der Waals surface area (Å²) in [5, 5.41) is 3.54. The number of hydrogen-bond donors (Lipinski definition) is 2. The molecular weight excluding hydrogens is 240 g/mol. The molecule has 0 atom stereocenters. The summed E-state index contributed by atoms with van der Waals surface area (Å²) in [5.41, 5.74) is 9.45. The van der Waals surface area contributed by atoms with Crippen LogP contribution < -0.4 is 11.1 Å². The molecule has 0 spiro atoms. The molecule has 1 aromatic carbocycles. The van der Waals surface area contributed by atoms with Gasteiger partial charge in [0, 0.05) is 17.8 Å². The molecule has 2 nitrogen and oxygen atoms in total. The molecule has 0 heterocycles. The van der Waals surface area contributed by atoms with Crippen molar-refractivity contribution in [2.24, 2.45) is 11.1 Å². The summed E-state index contributed by atoms with van der Waals surface area (Å²) in [6, 6.07) is 6.24. The van der Waals surface area contributed by atoms with Crippen LogP contribution in [0.15, 0.2) is 18.2 Å². The molecule has 18 heavy (non-hydrogen) atoms. The predicted octanol–water partition coefficient (Wildman–Crippen LogP) is 3.62. The lowest BCUT2D eigenvalue weighted by atomic mass is 9.89. The van der Waals surface area contributed by atoms with Crippen LogP contribution in [-0.4, -0.2) is 11.5 Å². The molecule has 1 aliphatic carbocycles. The quantitative estimate of drug-likeness (QED) is 0.814. The summed E-state index contributed by atoms with van der Waals surface area (Å²) in [6.07, 6.45) is 5.34. The standard InChI is InChI=1S/C15H22N2S/c1-11-5-6-13(12(9-11)14(16)18)17-10-15(2)7-3-4-8-15/h5-6,9,17H,3-4,7-8,10H2,1-2H3,(H2,16,18). The van der Waals surface area contributed by atoms with E-state index in [4.69, 9.17) is 18.0 Å². The van der Waals surface area contributed by atoms with Crippen LogP contribution in [0.25, 0.3) is 0 Å². The monoisotopic (exact) mass is 262 g/mol. The summed E-state index contributed by atoms with van der Waals surface area (Å²) in [7, 11) is 0. The van der Waals surface area contributed by atoms with Gasteiger partial charge in [-0.1, -0.05) is 43.6 Å². The van der Waals surface area contributed by atoms with Crippen molar-refractivity contribution >= 4 is 22.9 Å². The Kier molecular flexibility index (Phi) is 3.91. The van der Waals surface area contributed by atoms with E-state index < -0.39 is 0 Å². The van der Waals surface area contributed by atoms with Gasteiger partial charge in [-0.2, -0.15) is 0 Å². The van der Waals surface area contributed by atoms with Gasteiger partial charge in [-0.25, -0.2) is 0 Å². The second-order valence-corrected chi connectivity index (χ2v) is 6.22. The van der Waals surface area contributed by atoms with E-state index in [1.54, 1.807) is 0 Å². The molecule has 98 valence electrons. The van der Waals surface area contributed by atoms with Crippen molar-refractivity contribution in [3.05, 3.63) is 29.3 Å². The van der Waals surface area contributed by atoms with Crippen molar-refractivity contribution in [2.75, 3.05) is 11.9 Å². The Morgan fingerprint density at radius 3 is 2.67 bits per heavy atom. The molecule has 3 heteroatoms. The Bertz CT molecular complexity index is 448. The minimum Gasteiger partial charge on any atom is -0.389 e. The van der Waals surface area contributed by atoms with Crippen molar-refractivity contribution in [2.45, 2.75) is 39.5 Å². The molecule has 0 unspecified atom stereocenters. The molecule has 0 aliphatic heterocycles. The van der Waals surface area contributed by atoms with Crippen LogP contribution in [0.5, 0.6) is 0 Å². The molecule has 0 aromatic heterocycles. The molecule has 1 aromatic rings. The van der Waals surface area contributed by atoms with Crippen molar-refractivity contribution < 1.29 is 0 Å². The number of aryl methyl sites for hydroxylation is 1. The highest BCUT2D eigenvalue weighted by Crippen LogP contribution is 2.37. The predicted molar refractivity (Wildman–Crippen MR) is 82.1 cm³/mol. The van der Waals surface area contributed by atoms with E-state index >= 15 is 0 Å². The highest BCUT2D eigenvalue weighted by atomic mass is 32.1. The van der Waals surface area contributed by atoms with Crippen molar-refractivity contribution in [3.63, 3.8) is 0 Å². The van der Waals surface area contributed by atoms with Crippen LogP contribution in [-0.2, 0) is 0 Å². The molecule has 2 rings (SSSR count). The fourth-order valence-electron chi connectivity index (χ4n) is 2.73. The summed E-state index contributed by atoms with van der Waals surface area (Å²) in [6.45, 7) is 5.43. The zero-order valence-electron chi connectivity index (χ0n) is 11.3. The van der Waals surface area contributed by atoms with E-state index in [-0.39, 0.29) is 0 Å². The van der Waals surface area contributed by atoms with Crippen LogP contribution in [0.1, 0.15) is 43.7 Å². The Labute approximate surface area is 115 Å². The zero-order valence-corrected chi connectivity index (χ0v) is 12.1. The van der Waals surface area contributed by atoms with Crippen molar-refractivity contribution in [1.82, 2.24) is 0 Å². The minimum atomic E-state index is 0.429. The van der Waals surface area contributed by atoms with E-state index in [1.807, 2.05) is 0 Å². The van der Waals surface area contributed by atoms with Crippen LogP contribution in [0, 0.1) is 12.3 Å². The van der Waals surface area contributed by atoms with Crippen LogP contribution in [0.2, 0.25) is 0 Å². The first-order valence-corrected chi connectivity index (χ1v) is 7.05. The molecule has 1 saturated carbocycles. The molecule has 0 radical (unpaired) electrons. The number of rotatable bonds is 4. The molecule has 1 fully saturated rings. The number of thiocarbonyl (C=S) groups is 1. The molecule has 0 saturated heterocycles. The van der Waals surface area contributed by atoms with Gasteiger partial charge in [0.25, 0.3) is 0 Å². The van der Waals surface area contributed by atoms with Gasteiger partial charge >= 0.3 is 0 Å². The van der Waals surface area contributed by atoms with Gasteiger partial charge in [0.1, 0.15) is 4.99 Å². The van der Waals surface area contributed by atoms with Crippen LogP contribution in [0.3, 0.4) is 0 Å². The normalized spacial score (nSPS) is 17.7. The lowest BCUT2D eigenvalue weighted by Gasteiger charge is -2.25. The maximum atomic E-state index is 5.79. The maximum absolute atomic E-state index is 5.79. The van der Waals surface area contributed by atoms with Gasteiger partial charge in [0.15, 0.2) is 0 Å². The molecule has 0 amide bonds. The van der Waals surface area contributed by atoms with Gasteiger partial charge in [-0.05, 0) is 37.3 Å². The first-order chi connectivity index (χ1) is 8.50. The number of hydrogen-bond acceptors (Lipinski definition) is 2. The van der Waals surface area contributed by atoms with E-state index in [9.17, 15) is 0 Å². The Morgan fingerprint density at radius 1 is 1.39 bits per heavy atom. The van der Waals surface area contributed by atoms with E-state index in [2.05, 4.69) is 37.4 Å².